The Morgan fingerprint density at radius 2 is 1.76 bits per heavy atom. The molecule has 0 spiro atoms. The first kappa shape index (κ1) is 25.8. The number of benzene rings is 2. The predicted octanol–water partition coefficient (Wildman–Crippen LogP) is 7.11. The van der Waals surface area contributed by atoms with Crippen LogP contribution in [0.4, 0.5) is 13.2 Å². The maximum absolute atomic E-state index is 14.4. The Hall–Kier alpha value is -1.81. The van der Waals surface area contributed by atoms with Crippen molar-refractivity contribution in [2.75, 3.05) is 6.54 Å². The molecule has 1 aromatic heterocycles. The Morgan fingerprint density at radius 3 is 2.27 bits per heavy atom. The molecule has 176 valence electrons. The molecule has 0 aliphatic carbocycles. The molecule has 1 atom stereocenters. The molecule has 4 rings (SSSR count). The molecule has 3 aromatic rings. The van der Waals surface area contributed by atoms with E-state index in [-0.39, 0.29) is 26.3 Å². The number of halogens is 7. The third-order valence-electron chi connectivity index (χ3n) is 5.23. The number of hydrogen-bond acceptors (Lipinski definition) is 3. The summed E-state index contributed by atoms with van der Waals surface area (Å²) in [4.78, 5) is 3.87. The number of hydrogen-bond donors (Lipinski definition) is 1. The minimum Gasteiger partial charge on any atom is -0.290 e. The van der Waals surface area contributed by atoms with Crippen molar-refractivity contribution in [1.29, 1.82) is 0 Å². The van der Waals surface area contributed by atoms with Crippen LogP contribution in [0.25, 0.3) is 5.69 Å². The van der Waals surface area contributed by atoms with E-state index in [9.17, 15) is 18.4 Å². The second-order valence-electron chi connectivity index (χ2n) is 7.02. The van der Waals surface area contributed by atoms with Gasteiger partial charge >= 0.3 is 6.18 Å². The summed E-state index contributed by atoms with van der Waals surface area (Å²) in [5.41, 5.74) is -1.44. The van der Waals surface area contributed by atoms with Gasteiger partial charge in [-0.2, -0.15) is 18.3 Å². The lowest BCUT2D eigenvalue weighted by Gasteiger charge is -2.28. The van der Waals surface area contributed by atoms with Crippen molar-refractivity contribution in [3.05, 3.63) is 73.7 Å². The molecule has 2 aromatic carbocycles. The molecule has 1 aliphatic heterocycles. The standard InChI is InChI=1S/C19H12BrCl3F3N4O.C2H6/c20-12-3-10(1-2-15(12)29-9-27-8-28-29)16-6-18(7-30(16)31,19(24,25)26)11-4-13(21)17(23)14(22)5-11;1-2/h1-5,8-9,31H,6-7H2;1-2H3/q+1;. The van der Waals surface area contributed by atoms with E-state index in [1.807, 2.05) is 13.8 Å². The third kappa shape index (κ3) is 4.73. The smallest absolute Gasteiger partial charge is 0.290 e. The van der Waals surface area contributed by atoms with Gasteiger partial charge < -0.3 is 0 Å². The first-order valence-electron chi connectivity index (χ1n) is 9.72. The highest BCUT2D eigenvalue weighted by Gasteiger charge is 2.64. The summed E-state index contributed by atoms with van der Waals surface area (Å²) in [6.07, 6.45) is -2.37. The largest absolute Gasteiger partial charge is 0.405 e. The van der Waals surface area contributed by atoms with E-state index in [1.165, 1.54) is 17.3 Å². The zero-order chi connectivity index (χ0) is 24.6. The predicted molar refractivity (Wildman–Crippen MR) is 125 cm³/mol. The van der Waals surface area contributed by atoms with Crippen LogP contribution >= 0.6 is 50.7 Å². The second-order valence-corrected chi connectivity index (χ2v) is 9.07. The molecule has 0 saturated carbocycles. The number of rotatable bonds is 3. The van der Waals surface area contributed by atoms with Gasteiger partial charge in [-0.15, -0.1) is 0 Å². The van der Waals surface area contributed by atoms with E-state index in [0.717, 1.165) is 12.1 Å². The van der Waals surface area contributed by atoms with Crippen LogP contribution in [0.5, 0.6) is 0 Å². The Balaban J connectivity index is 0.00000149. The van der Waals surface area contributed by atoms with Gasteiger partial charge in [0.05, 0.1) is 27.2 Å². The van der Waals surface area contributed by atoms with Crippen molar-refractivity contribution in [1.82, 2.24) is 14.8 Å². The summed E-state index contributed by atoms with van der Waals surface area (Å²) in [6.45, 7) is 3.28. The first-order chi connectivity index (χ1) is 15.5. The number of aromatic nitrogens is 3. The average Bonchev–Trinajstić information content (AvgIpc) is 3.41. The van der Waals surface area contributed by atoms with E-state index >= 15 is 0 Å². The lowest BCUT2D eigenvalue weighted by molar-refractivity contribution is -0.774. The zero-order valence-electron chi connectivity index (χ0n) is 17.3. The summed E-state index contributed by atoms with van der Waals surface area (Å²) in [7, 11) is 0. The summed E-state index contributed by atoms with van der Waals surface area (Å²) in [5.74, 6) is 0. The van der Waals surface area contributed by atoms with E-state index in [4.69, 9.17) is 34.8 Å². The van der Waals surface area contributed by atoms with Crippen LogP contribution in [0.2, 0.25) is 15.1 Å². The molecule has 1 unspecified atom stereocenters. The maximum atomic E-state index is 14.4. The molecule has 12 heteroatoms. The number of hydroxylamine groups is 1. The van der Waals surface area contributed by atoms with Crippen LogP contribution in [0.15, 0.2) is 47.5 Å². The van der Waals surface area contributed by atoms with E-state index < -0.39 is 24.6 Å². The monoisotopic (exact) mass is 583 g/mol. The molecule has 0 radical (unpaired) electrons. The van der Waals surface area contributed by atoms with Crippen molar-refractivity contribution in [3.8, 4) is 5.69 Å². The quantitative estimate of drug-likeness (QED) is 0.203. The Kier molecular flexibility index (Phi) is 7.68. The van der Waals surface area contributed by atoms with Gasteiger partial charge in [0.15, 0.2) is 5.41 Å². The highest BCUT2D eigenvalue weighted by molar-refractivity contribution is 9.10. The fourth-order valence-electron chi connectivity index (χ4n) is 3.62. The highest BCUT2D eigenvalue weighted by atomic mass is 79.9. The first-order valence-corrected chi connectivity index (χ1v) is 11.6. The van der Waals surface area contributed by atoms with E-state index in [1.54, 1.807) is 18.2 Å². The minimum atomic E-state index is -4.70. The van der Waals surface area contributed by atoms with Crippen molar-refractivity contribution in [3.63, 3.8) is 0 Å². The lowest BCUT2D eigenvalue weighted by atomic mass is 9.76. The number of alkyl halides is 3. The van der Waals surface area contributed by atoms with Crippen molar-refractivity contribution >= 4 is 56.4 Å². The minimum absolute atomic E-state index is 0.0277. The Morgan fingerprint density at radius 1 is 1.12 bits per heavy atom. The van der Waals surface area contributed by atoms with Crippen LogP contribution < -0.4 is 0 Å². The molecular weight excluding hydrogens is 568 g/mol. The second kappa shape index (κ2) is 9.82. The summed E-state index contributed by atoms with van der Waals surface area (Å²) < 4.78 is 45.8. The van der Waals surface area contributed by atoms with Gasteiger partial charge in [-0.3, -0.25) is 5.21 Å². The van der Waals surface area contributed by atoms with Crippen LogP contribution in [0.3, 0.4) is 0 Å². The van der Waals surface area contributed by atoms with Crippen LogP contribution in [-0.2, 0) is 5.41 Å². The lowest BCUT2D eigenvalue weighted by Crippen LogP contribution is -2.45. The topological polar surface area (TPSA) is 54.0 Å². The fraction of sp³-hybridized carbons (Fsp3) is 0.286. The molecular formula is C21H18BrCl3F3N4O+. The molecule has 0 amide bonds. The summed E-state index contributed by atoms with van der Waals surface area (Å²) in [5, 5.41) is 14.3. The average molecular weight is 586 g/mol. The normalized spacial score (nSPS) is 18.3. The van der Waals surface area contributed by atoms with Gasteiger partial charge in [0.1, 0.15) is 12.7 Å². The molecule has 0 fully saturated rings. The molecule has 33 heavy (non-hydrogen) atoms. The number of nitrogens with zero attached hydrogens (tertiary/aromatic N) is 4. The molecule has 1 N–H and O–H groups in total. The van der Waals surface area contributed by atoms with E-state index in [0.29, 0.717) is 20.5 Å². The van der Waals surface area contributed by atoms with Gasteiger partial charge in [0.2, 0.25) is 12.3 Å². The molecule has 0 bridgehead atoms. The highest BCUT2D eigenvalue weighted by Crippen LogP contribution is 2.49. The molecule has 1 aliphatic rings. The molecule has 2 heterocycles. The summed E-state index contributed by atoms with van der Waals surface area (Å²) in [6, 6.07) is 7.17. The third-order valence-corrected chi connectivity index (χ3v) is 7.06. The Bertz CT molecular complexity index is 1180. The van der Waals surface area contributed by atoms with Crippen molar-refractivity contribution in [2.24, 2.45) is 0 Å². The van der Waals surface area contributed by atoms with Crippen molar-refractivity contribution in [2.45, 2.75) is 31.9 Å². The van der Waals surface area contributed by atoms with Gasteiger partial charge in [0.25, 0.3) is 0 Å². The van der Waals surface area contributed by atoms with Gasteiger partial charge in [-0.05, 0) is 56.6 Å². The van der Waals surface area contributed by atoms with Crippen LogP contribution in [0, 0.1) is 0 Å². The zero-order valence-corrected chi connectivity index (χ0v) is 21.2. The Labute approximate surface area is 211 Å². The van der Waals surface area contributed by atoms with Gasteiger partial charge in [0, 0.05) is 10.0 Å². The van der Waals surface area contributed by atoms with E-state index in [2.05, 4.69) is 26.0 Å². The summed E-state index contributed by atoms with van der Waals surface area (Å²) >= 11 is 21.3. The van der Waals surface area contributed by atoms with Crippen LogP contribution in [-0.4, -0.2) is 43.1 Å². The molecule has 5 nitrogen and oxygen atoms in total. The van der Waals surface area contributed by atoms with Gasteiger partial charge in [-0.1, -0.05) is 48.7 Å². The SMILES string of the molecule is CC.O[N+]1=C(c2ccc(-n3cncn3)c(Br)c2)CC(c2cc(Cl)c(Cl)c(Cl)c2)(C(F)(F)F)C1. The van der Waals surface area contributed by atoms with Gasteiger partial charge in [-0.25, -0.2) is 9.67 Å². The fourth-order valence-corrected chi connectivity index (χ4v) is 4.78. The molecule has 0 saturated heterocycles. The van der Waals surface area contributed by atoms with Crippen molar-refractivity contribution < 1.29 is 23.1 Å². The van der Waals surface area contributed by atoms with Crippen LogP contribution in [0.1, 0.15) is 31.4 Å². The maximum Gasteiger partial charge on any atom is 0.405 e.